The zero-order valence-electron chi connectivity index (χ0n) is 13.6. The molecule has 0 bridgehead atoms. The summed E-state index contributed by atoms with van der Waals surface area (Å²) in [5.41, 5.74) is 2.25. The molecule has 0 aliphatic heterocycles. The van der Waals surface area contributed by atoms with E-state index in [1.54, 1.807) is 66.7 Å². The zero-order valence-corrected chi connectivity index (χ0v) is 15.2. The lowest BCUT2D eigenvalue weighted by Crippen LogP contribution is -2.15. The summed E-state index contributed by atoms with van der Waals surface area (Å²) in [7, 11) is 0. The second kappa shape index (κ2) is 7.77. The van der Waals surface area contributed by atoms with Gasteiger partial charge in [-0.1, -0.05) is 46.3 Å². The first-order valence-electron chi connectivity index (χ1n) is 7.79. The van der Waals surface area contributed by atoms with Gasteiger partial charge in [0, 0.05) is 21.2 Å². The quantitative estimate of drug-likeness (QED) is 0.634. The Morgan fingerprint density at radius 3 is 2.23 bits per heavy atom. The van der Waals surface area contributed by atoms with Crippen molar-refractivity contribution in [1.82, 2.24) is 0 Å². The van der Waals surface area contributed by atoms with E-state index >= 15 is 0 Å². The molecule has 3 rings (SSSR count). The molecular formula is C21H13BrN2O2. The van der Waals surface area contributed by atoms with Gasteiger partial charge in [-0.05, 0) is 42.5 Å². The summed E-state index contributed by atoms with van der Waals surface area (Å²) in [6.45, 7) is 0. The van der Waals surface area contributed by atoms with Gasteiger partial charge in [0.2, 0.25) is 0 Å². The molecule has 0 aliphatic carbocycles. The highest BCUT2D eigenvalue weighted by Crippen LogP contribution is 2.24. The molecule has 0 heterocycles. The van der Waals surface area contributed by atoms with Crippen molar-refractivity contribution in [2.75, 3.05) is 5.32 Å². The van der Waals surface area contributed by atoms with Gasteiger partial charge in [-0.25, -0.2) is 0 Å². The molecule has 1 amide bonds. The second-order valence-electron chi connectivity index (χ2n) is 5.53. The molecule has 1 N–H and O–H groups in total. The smallest absolute Gasteiger partial charge is 0.255 e. The average Bonchev–Trinajstić information content (AvgIpc) is 2.69. The molecule has 4 nitrogen and oxygen atoms in total. The Kier molecular flexibility index (Phi) is 5.26. The number of ketones is 1. The average molecular weight is 405 g/mol. The number of amides is 1. The van der Waals surface area contributed by atoms with Crippen molar-refractivity contribution in [1.29, 1.82) is 5.26 Å². The van der Waals surface area contributed by atoms with E-state index in [4.69, 9.17) is 5.26 Å². The van der Waals surface area contributed by atoms with E-state index in [-0.39, 0.29) is 11.7 Å². The summed E-state index contributed by atoms with van der Waals surface area (Å²) in [6, 6.07) is 22.3. The standard InChI is InChI=1S/C21H13BrN2O2/c22-17-10-11-19(18(12-17)20(25)15-4-2-1-3-5-15)24-21(26)16-8-6-14(13-23)7-9-16/h1-12H,(H,24,26). The number of halogens is 1. The lowest BCUT2D eigenvalue weighted by molar-refractivity contribution is 0.102. The van der Waals surface area contributed by atoms with E-state index in [1.807, 2.05) is 12.1 Å². The largest absolute Gasteiger partial charge is 0.321 e. The predicted molar refractivity (Wildman–Crippen MR) is 103 cm³/mol. The minimum atomic E-state index is -0.348. The summed E-state index contributed by atoms with van der Waals surface area (Å²) >= 11 is 3.37. The van der Waals surface area contributed by atoms with Crippen molar-refractivity contribution in [3.05, 3.63) is 99.5 Å². The van der Waals surface area contributed by atoms with Crippen molar-refractivity contribution in [3.63, 3.8) is 0 Å². The van der Waals surface area contributed by atoms with Gasteiger partial charge in [-0.3, -0.25) is 9.59 Å². The molecule has 0 unspecified atom stereocenters. The number of benzene rings is 3. The van der Waals surface area contributed by atoms with Crippen molar-refractivity contribution >= 4 is 33.3 Å². The van der Waals surface area contributed by atoms with Crippen LogP contribution in [0.15, 0.2) is 77.3 Å². The zero-order chi connectivity index (χ0) is 18.5. The van der Waals surface area contributed by atoms with Crippen LogP contribution >= 0.6 is 15.9 Å². The summed E-state index contributed by atoms with van der Waals surface area (Å²) in [6.07, 6.45) is 0. The Labute approximate surface area is 159 Å². The van der Waals surface area contributed by atoms with Crippen LogP contribution in [0, 0.1) is 11.3 Å². The van der Waals surface area contributed by atoms with Crippen LogP contribution in [0.25, 0.3) is 0 Å². The topological polar surface area (TPSA) is 70.0 Å². The first-order valence-corrected chi connectivity index (χ1v) is 8.58. The first kappa shape index (κ1) is 17.6. The van der Waals surface area contributed by atoms with Gasteiger partial charge in [0.15, 0.2) is 5.78 Å². The van der Waals surface area contributed by atoms with Gasteiger partial charge < -0.3 is 5.32 Å². The van der Waals surface area contributed by atoms with Crippen molar-refractivity contribution in [3.8, 4) is 6.07 Å². The van der Waals surface area contributed by atoms with Gasteiger partial charge in [-0.15, -0.1) is 0 Å². The van der Waals surface area contributed by atoms with Gasteiger partial charge in [0.05, 0.1) is 17.3 Å². The molecule has 0 aliphatic rings. The van der Waals surface area contributed by atoms with Crippen LogP contribution in [-0.4, -0.2) is 11.7 Å². The van der Waals surface area contributed by atoms with Crippen LogP contribution in [0.3, 0.4) is 0 Å². The molecular weight excluding hydrogens is 392 g/mol. The maximum absolute atomic E-state index is 12.8. The maximum atomic E-state index is 12.8. The number of anilines is 1. The molecule has 0 radical (unpaired) electrons. The minimum Gasteiger partial charge on any atom is -0.321 e. The number of carbonyl (C=O) groups is 2. The maximum Gasteiger partial charge on any atom is 0.255 e. The normalized spacial score (nSPS) is 10.0. The third kappa shape index (κ3) is 3.88. The summed E-state index contributed by atoms with van der Waals surface area (Å²) in [5.74, 6) is -0.527. The Hall–Kier alpha value is -3.23. The van der Waals surface area contributed by atoms with Crippen LogP contribution in [-0.2, 0) is 0 Å². The molecule has 0 fully saturated rings. The predicted octanol–water partition coefficient (Wildman–Crippen LogP) is 4.80. The van der Waals surface area contributed by atoms with E-state index in [1.165, 1.54) is 0 Å². The summed E-state index contributed by atoms with van der Waals surface area (Å²) < 4.78 is 0.744. The summed E-state index contributed by atoms with van der Waals surface area (Å²) in [5, 5.41) is 11.6. The summed E-state index contributed by atoms with van der Waals surface area (Å²) in [4.78, 5) is 25.3. The van der Waals surface area contributed by atoms with E-state index in [2.05, 4.69) is 21.2 Å². The highest BCUT2D eigenvalue weighted by molar-refractivity contribution is 9.10. The molecule has 0 aromatic heterocycles. The Morgan fingerprint density at radius 2 is 1.58 bits per heavy atom. The van der Waals surface area contributed by atoms with Gasteiger partial charge >= 0.3 is 0 Å². The van der Waals surface area contributed by atoms with Crippen LogP contribution in [0.4, 0.5) is 5.69 Å². The fraction of sp³-hybridized carbons (Fsp3) is 0. The van der Waals surface area contributed by atoms with E-state index in [0.29, 0.717) is 27.9 Å². The van der Waals surface area contributed by atoms with Crippen molar-refractivity contribution < 1.29 is 9.59 Å². The van der Waals surface area contributed by atoms with Gasteiger partial charge in [0.25, 0.3) is 5.91 Å². The van der Waals surface area contributed by atoms with E-state index in [9.17, 15) is 9.59 Å². The third-order valence-electron chi connectivity index (χ3n) is 3.79. The van der Waals surface area contributed by atoms with Crippen LogP contribution in [0.2, 0.25) is 0 Å². The van der Waals surface area contributed by atoms with Crippen LogP contribution in [0.5, 0.6) is 0 Å². The molecule has 126 valence electrons. The lowest BCUT2D eigenvalue weighted by Gasteiger charge is -2.11. The van der Waals surface area contributed by atoms with Crippen molar-refractivity contribution in [2.45, 2.75) is 0 Å². The Balaban J connectivity index is 1.91. The minimum absolute atomic E-state index is 0.179. The van der Waals surface area contributed by atoms with Crippen LogP contribution in [0.1, 0.15) is 31.8 Å². The lowest BCUT2D eigenvalue weighted by atomic mass is 10.0. The van der Waals surface area contributed by atoms with Crippen LogP contribution < -0.4 is 5.32 Å². The SMILES string of the molecule is N#Cc1ccc(C(=O)Nc2ccc(Br)cc2C(=O)c2ccccc2)cc1. The number of hydrogen-bond acceptors (Lipinski definition) is 3. The van der Waals surface area contributed by atoms with Crippen molar-refractivity contribution in [2.24, 2.45) is 0 Å². The highest BCUT2D eigenvalue weighted by Gasteiger charge is 2.16. The molecule has 26 heavy (non-hydrogen) atoms. The second-order valence-corrected chi connectivity index (χ2v) is 6.44. The van der Waals surface area contributed by atoms with Gasteiger partial charge in [-0.2, -0.15) is 5.26 Å². The number of nitrogens with one attached hydrogen (secondary N) is 1. The molecule has 5 heteroatoms. The number of rotatable bonds is 4. The highest BCUT2D eigenvalue weighted by atomic mass is 79.9. The molecule has 3 aromatic carbocycles. The number of hydrogen-bond donors (Lipinski definition) is 1. The Morgan fingerprint density at radius 1 is 0.885 bits per heavy atom. The molecule has 0 spiro atoms. The molecule has 0 saturated heterocycles. The molecule has 0 atom stereocenters. The molecule has 0 saturated carbocycles. The van der Waals surface area contributed by atoms with E-state index in [0.717, 1.165) is 4.47 Å². The monoisotopic (exact) mass is 404 g/mol. The van der Waals surface area contributed by atoms with E-state index < -0.39 is 0 Å². The third-order valence-corrected chi connectivity index (χ3v) is 4.28. The number of carbonyl (C=O) groups excluding carboxylic acids is 2. The molecule has 3 aromatic rings. The fourth-order valence-electron chi connectivity index (χ4n) is 2.45. The fourth-order valence-corrected chi connectivity index (χ4v) is 2.81. The Bertz CT molecular complexity index is 1010. The number of nitrogens with zero attached hydrogens (tertiary/aromatic N) is 1. The van der Waals surface area contributed by atoms with Gasteiger partial charge in [0.1, 0.15) is 0 Å². The number of nitriles is 1. The first-order chi connectivity index (χ1) is 12.6.